The van der Waals surface area contributed by atoms with Crippen molar-refractivity contribution in [3.05, 3.63) is 103 Å². The topological polar surface area (TPSA) is 84.2 Å². The van der Waals surface area contributed by atoms with Crippen LogP contribution in [-0.2, 0) is 0 Å². The number of fused-ring (bicyclic) bond motifs is 1. The van der Waals surface area contributed by atoms with Crippen LogP contribution >= 0.6 is 11.6 Å². The molecule has 0 aliphatic heterocycles. The van der Waals surface area contributed by atoms with Crippen LogP contribution in [0.15, 0.2) is 70.3 Å². The number of aromatic nitrogens is 2. The molecule has 1 aromatic heterocycles. The minimum Gasteiger partial charge on any atom is -0.493 e. The van der Waals surface area contributed by atoms with Gasteiger partial charge in [0.2, 0.25) is 0 Å². The number of halogens is 1. The lowest BCUT2D eigenvalue weighted by Gasteiger charge is -2.10. The maximum Gasteiger partial charge on any atom is 0.262 e. The van der Waals surface area contributed by atoms with Crippen molar-refractivity contribution in [2.45, 2.75) is 6.42 Å². The van der Waals surface area contributed by atoms with Crippen LogP contribution in [0.2, 0.25) is 5.02 Å². The highest BCUT2D eigenvalue weighted by atomic mass is 35.5. The lowest BCUT2D eigenvalue weighted by Crippen LogP contribution is -2.47. The van der Waals surface area contributed by atoms with Crippen molar-refractivity contribution in [2.75, 3.05) is 13.2 Å². The van der Waals surface area contributed by atoms with Crippen molar-refractivity contribution in [3.63, 3.8) is 0 Å². The third-order valence-electron chi connectivity index (χ3n) is 4.82. The fourth-order valence-corrected chi connectivity index (χ4v) is 3.50. The van der Waals surface area contributed by atoms with Crippen LogP contribution in [0.3, 0.4) is 0 Å². The van der Waals surface area contributed by atoms with Crippen LogP contribution in [0.5, 0.6) is 11.5 Å². The highest BCUT2D eigenvalue weighted by Gasteiger charge is 2.04. The first-order valence-corrected chi connectivity index (χ1v) is 10.4. The number of nitrogens with one attached hydrogen (secondary N) is 2. The predicted octanol–water partition coefficient (Wildman–Crippen LogP) is 2.96. The normalized spacial score (nSPS) is 10.8. The van der Waals surface area contributed by atoms with Crippen molar-refractivity contribution >= 4 is 35.0 Å². The molecular formula is C25H21ClN2O4. The van der Waals surface area contributed by atoms with E-state index in [0.717, 1.165) is 11.1 Å². The number of H-pyrrole nitrogens is 2. The van der Waals surface area contributed by atoms with E-state index in [0.29, 0.717) is 36.0 Å². The van der Waals surface area contributed by atoms with Gasteiger partial charge in [0.25, 0.3) is 11.1 Å². The second kappa shape index (κ2) is 9.58. The molecule has 4 rings (SSSR count). The van der Waals surface area contributed by atoms with Gasteiger partial charge in [0.05, 0.1) is 18.2 Å². The SMILES string of the molecule is C=c1[nH]c(=O)c(=Cc2ccc(OCCCOc3ccc4ccccc4c3)c(Cl)c2)c(=O)[nH]1. The van der Waals surface area contributed by atoms with E-state index in [2.05, 4.69) is 28.7 Å². The zero-order chi connectivity index (χ0) is 22.5. The van der Waals surface area contributed by atoms with Crippen LogP contribution in [0, 0.1) is 0 Å². The molecule has 0 amide bonds. The fourth-order valence-electron chi connectivity index (χ4n) is 3.25. The Morgan fingerprint density at radius 1 is 0.875 bits per heavy atom. The van der Waals surface area contributed by atoms with E-state index in [1.807, 2.05) is 30.3 Å². The smallest absolute Gasteiger partial charge is 0.262 e. The van der Waals surface area contributed by atoms with Crippen molar-refractivity contribution in [1.82, 2.24) is 9.97 Å². The summed E-state index contributed by atoms with van der Waals surface area (Å²) >= 11 is 6.31. The summed E-state index contributed by atoms with van der Waals surface area (Å²) in [4.78, 5) is 28.9. The lowest BCUT2D eigenvalue weighted by molar-refractivity contribution is 0.247. The Labute approximate surface area is 188 Å². The Balaban J connectivity index is 1.34. The standard InChI is InChI=1S/C25H21ClN2O4/c1-16-27-24(29)21(25(30)28-16)13-17-7-10-23(22(26)14-17)32-12-4-11-31-20-9-8-18-5-2-3-6-19(18)15-20/h2-3,5-10,13-15H,1,4,11-12H2,(H,27,29)(H,28,30). The molecule has 7 heteroatoms. The molecule has 0 radical (unpaired) electrons. The summed E-state index contributed by atoms with van der Waals surface area (Å²) in [6, 6.07) is 19.2. The maximum atomic E-state index is 12.0. The van der Waals surface area contributed by atoms with E-state index in [-0.39, 0.29) is 10.7 Å². The minimum atomic E-state index is -0.512. The molecule has 162 valence electrons. The van der Waals surface area contributed by atoms with Crippen molar-refractivity contribution in [3.8, 4) is 11.5 Å². The average Bonchev–Trinajstić information content (AvgIpc) is 2.77. The number of hydrogen-bond acceptors (Lipinski definition) is 4. The molecule has 6 nitrogen and oxygen atoms in total. The van der Waals surface area contributed by atoms with Gasteiger partial charge in [-0.1, -0.05) is 54.6 Å². The van der Waals surface area contributed by atoms with Gasteiger partial charge in [0, 0.05) is 6.42 Å². The Hall–Kier alpha value is -3.77. The largest absolute Gasteiger partial charge is 0.493 e. The Morgan fingerprint density at radius 3 is 2.34 bits per heavy atom. The monoisotopic (exact) mass is 448 g/mol. The van der Waals surface area contributed by atoms with Crippen molar-refractivity contribution in [2.24, 2.45) is 0 Å². The number of hydrogen-bond donors (Lipinski definition) is 2. The van der Waals surface area contributed by atoms with E-state index in [1.165, 1.54) is 11.5 Å². The van der Waals surface area contributed by atoms with Gasteiger partial charge >= 0.3 is 0 Å². The molecule has 0 saturated carbocycles. The summed E-state index contributed by atoms with van der Waals surface area (Å²) in [7, 11) is 0. The molecule has 2 N–H and O–H groups in total. The van der Waals surface area contributed by atoms with Crippen molar-refractivity contribution in [1.29, 1.82) is 0 Å². The lowest BCUT2D eigenvalue weighted by atomic mass is 10.1. The molecule has 3 aromatic carbocycles. The quantitative estimate of drug-likeness (QED) is 0.426. The molecule has 0 bridgehead atoms. The van der Waals surface area contributed by atoms with Crippen LogP contribution < -0.4 is 31.3 Å². The molecular weight excluding hydrogens is 428 g/mol. The predicted molar refractivity (Wildman–Crippen MR) is 127 cm³/mol. The fraction of sp³-hybridized carbons (Fsp3) is 0.120. The summed E-state index contributed by atoms with van der Waals surface area (Å²) in [5.41, 5.74) is -0.262. The highest BCUT2D eigenvalue weighted by molar-refractivity contribution is 6.32. The second-order valence-corrected chi connectivity index (χ2v) is 7.60. The van der Waals surface area contributed by atoms with E-state index >= 15 is 0 Å². The first-order chi connectivity index (χ1) is 15.5. The molecule has 4 aromatic rings. The molecule has 0 aliphatic rings. The number of aromatic amines is 2. The van der Waals surface area contributed by atoms with Gasteiger partial charge in [-0.05, 0) is 46.7 Å². The summed E-state index contributed by atoms with van der Waals surface area (Å²) < 4.78 is 11.6. The van der Waals surface area contributed by atoms with E-state index in [9.17, 15) is 9.59 Å². The highest BCUT2D eigenvalue weighted by Crippen LogP contribution is 2.26. The van der Waals surface area contributed by atoms with Gasteiger partial charge in [-0.2, -0.15) is 0 Å². The Bertz CT molecular complexity index is 1450. The molecule has 0 saturated heterocycles. The van der Waals surface area contributed by atoms with Gasteiger partial charge in [0.15, 0.2) is 0 Å². The van der Waals surface area contributed by atoms with Crippen LogP contribution in [0.1, 0.15) is 12.0 Å². The molecule has 1 heterocycles. The molecule has 0 unspecified atom stereocenters. The molecule has 0 aliphatic carbocycles. The minimum absolute atomic E-state index is 0.0204. The number of rotatable bonds is 7. The molecule has 0 fully saturated rings. The summed E-state index contributed by atoms with van der Waals surface area (Å²) in [5.74, 6) is 1.34. The first kappa shape index (κ1) is 21.5. The van der Waals surface area contributed by atoms with Gasteiger partial charge in [-0.15, -0.1) is 0 Å². The number of benzene rings is 3. The van der Waals surface area contributed by atoms with Crippen molar-refractivity contribution < 1.29 is 9.47 Å². The van der Waals surface area contributed by atoms with Gasteiger partial charge in [-0.25, -0.2) is 0 Å². The average molecular weight is 449 g/mol. The Kier molecular flexibility index (Phi) is 6.42. The molecule has 32 heavy (non-hydrogen) atoms. The van der Waals surface area contributed by atoms with Crippen LogP contribution in [-0.4, -0.2) is 23.2 Å². The summed E-state index contributed by atoms with van der Waals surface area (Å²) in [5, 5.41) is 2.67. The zero-order valence-electron chi connectivity index (χ0n) is 17.2. The van der Waals surface area contributed by atoms with Gasteiger partial charge < -0.3 is 19.4 Å². The van der Waals surface area contributed by atoms with Crippen LogP contribution in [0.25, 0.3) is 23.4 Å². The van der Waals surface area contributed by atoms with Crippen LogP contribution in [0.4, 0.5) is 0 Å². The third-order valence-corrected chi connectivity index (χ3v) is 5.12. The summed E-state index contributed by atoms with van der Waals surface area (Å²) in [6.45, 7) is 4.46. The van der Waals surface area contributed by atoms with Gasteiger partial charge in [0.1, 0.15) is 22.2 Å². The number of ether oxygens (including phenoxy) is 2. The molecule has 0 atom stereocenters. The van der Waals surface area contributed by atoms with E-state index < -0.39 is 11.1 Å². The van der Waals surface area contributed by atoms with E-state index in [4.69, 9.17) is 21.1 Å². The van der Waals surface area contributed by atoms with Gasteiger partial charge in [-0.3, -0.25) is 9.59 Å². The first-order valence-electron chi connectivity index (χ1n) is 10.1. The maximum absolute atomic E-state index is 12.0. The molecule has 0 spiro atoms. The van der Waals surface area contributed by atoms with E-state index in [1.54, 1.807) is 18.2 Å². The third kappa shape index (κ3) is 5.10. The summed E-state index contributed by atoms with van der Waals surface area (Å²) in [6.07, 6.45) is 2.14. The Morgan fingerprint density at radius 2 is 1.59 bits per heavy atom. The second-order valence-electron chi connectivity index (χ2n) is 7.19. The zero-order valence-corrected chi connectivity index (χ0v) is 17.9.